The van der Waals surface area contributed by atoms with Crippen molar-refractivity contribution in [1.29, 1.82) is 0 Å². The van der Waals surface area contributed by atoms with Crippen molar-refractivity contribution in [2.24, 2.45) is 0 Å². The summed E-state index contributed by atoms with van der Waals surface area (Å²) >= 11 is 0. The summed E-state index contributed by atoms with van der Waals surface area (Å²) in [6.07, 6.45) is 0.224. The quantitative estimate of drug-likeness (QED) is 0.536. The zero-order valence-electron chi connectivity index (χ0n) is 17.2. The Morgan fingerprint density at radius 2 is 1.87 bits per heavy atom. The number of benzene rings is 2. The summed E-state index contributed by atoms with van der Waals surface area (Å²) in [5, 5.41) is 15.9. The first-order chi connectivity index (χ1) is 14.5. The number of rotatable bonds is 6. The highest BCUT2D eigenvalue weighted by atomic mass is 16.5. The van der Waals surface area contributed by atoms with Crippen LogP contribution < -0.4 is 10.1 Å². The van der Waals surface area contributed by atoms with Crippen LogP contribution in [0.25, 0.3) is 16.9 Å². The highest BCUT2D eigenvalue weighted by Crippen LogP contribution is 2.21. The molecule has 7 heteroatoms. The number of hydrogen-bond acceptors (Lipinski definition) is 5. The third-order valence-corrected chi connectivity index (χ3v) is 5.12. The van der Waals surface area contributed by atoms with Gasteiger partial charge in [0, 0.05) is 11.1 Å². The molecule has 0 radical (unpaired) electrons. The van der Waals surface area contributed by atoms with Gasteiger partial charge in [0.25, 0.3) is 0 Å². The number of hydrogen-bond donors (Lipinski definition) is 1. The maximum atomic E-state index is 12.4. The van der Waals surface area contributed by atoms with Crippen molar-refractivity contribution >= 4 is 11.6 Å². The monoisotopic (exact) mass is 401 g/mol. The molecule has 0 atom stereocenters. The molecule has 4 aromatic rings. The first-order valence-electron chi connectivity index (χ1n) is 9.72. The third kappa shape index (κ3) is 4.00. The van der Waals surface area contributed by atoms with Gasteiger partial charge in [-0.15, -0.1) is 10.2 Å². The Bertz CT molecular complexity index is 1220. The van der Waals surface area contributed by atoms with Crippen molar-refractivity contribution in [1.82, 2.24) is 25.1 Å². The second-order valence-electron chi connectivity index (χ2n) is 7.17. The van der Waals surface area contributed by atoms with Gasteiger partial charge in [-0.05, 0) is 49.2 Å². The molecule has 1 N–H and O–H groups in total. The molecule has 30 heavy (non-hydrogen) atoms. The molecule has 0 aliphatic heterocycles. The molecular formula is C23H23N5O2. The lowest BCUT2D eigenvalue weighted by atomic mass is 10.0. The van der Waals surface area contributed by atoms with E-state index < -0.39 is 0 Å². The molecule has 2 aromatic heterocycles. The van der Waals surface area contributed by atoms with E-state index in [1.807, 2.05) is 36.4 Å². The van der Waals surface area contributed by atoms with Crippen LogP contribution in [0.15, 0.2) is 54.6 Å². The number of amides is 1. The van der Waals surface area contributed by atoms with Crippen molar-refractivity contribution < 1.29 is 9.53 Å². The molecule has 0 saturated heterocycles. The summed E-state index contributed by atoms with van der Waals surface area (Å²) in [4.78, 5) is 12.4. The van der Waals surface area contributed by atoms with Gasteiger partial charge in [0.15, 0.2) is 11.5 Å². The minimum absolute atomic E-state index is 0.124. The van der Waals surface area contributed by atoms with Crippen LogP contribution in [0.4, 0.5) is 0 Å². The Balaban J connectivity index is 1.51. The van der Waals surface area contributed by atoms with E-state index in [2.05, 4.69) is 52.7 Å². The van der Waals surface area contributed by atoms with E-state index in [-0.39, 0.29) is 18.9 Å². The average molecular weight is 401 g/mol. The molecular weight excluding hydrogens is 378 g/mol. The summed E-state index contributed by atoms with van der Waals surface area (Å²) in [7, 11) is 1.60. The number of aromatic nitrogens is 4. The molecule has 0 spiro atoms. The Hall–Kier alpha value is -3.74. The van der Waals surface area contributed by atoms with Crippen molar-refractivity contribution in [2.45, 2.75) is 26.8 Å². The standard InChI is InChI=1S/C23H23N5O2/c1-15-8-9-17(12-16(15)2)19-10-11-21-25-26-22(28(21)27-19)14-24-23(29)13-18-6-4-5-7-20(18)30-3/h4-12H,13-14H2,1-3H3,(H,24,29). The molecule has 152 valence electrons. The lowest BCUT2D eigenvalue weighted by Crippen LogP contribution is -2.26. The van der Waals surface area contributed by atoms with Crippen molar-refractivity contribution in [2.75, 3.05) is 7.11 Å². The lowest BCUT2D eigenvalue weighted by Gasteiger charge is -2.09. The molecule has 2 aromatic carbocycles. The van der Waals surface area contributed by atoms with E-state index in [0.717, 1.165) is 16.8 Å². The smallest absolute Gasteiger partial charge is 0.224 e. The molecule has 0 unspecified atom stereocenters. The second-order valence-corrected chi connectivity index (χ2v) is 7.17. The summed E-state index contributed by atoms with van der Waals surface area (Å²) in [5.74, 6) is 1.14. The number of nitrogens with one attached hydrogen (secondary N) is 1. The number of ether oxygens (including phenoxy) is 1. The van der Waals surface area contributed by atoms with Crippen molar-refractivity contribution in [3.63, 3.8) is 0 Å². The van der Waals surface area contributed by atoms with Crippen LogP contribution in [-0.2, 0) is 17.8 Å². The van der Waals surface area contributed by atoms with E-state index in [0.29, 0.717) is 17.2 Å². The Morgan fingerprint density at radius 3 is 2.67 bits per heavy atom. The molecule has 2 heterocycles. The van der Waals surface area contributed by atoms with Crippen LogP contribution >= 0.6 is 0 Å². The van der Waals surface area contributed by atoms with E-state index in [4.69, 9.17) is 4.74 Å². The molecule has 0 bridgehead atoms. The first kappa shape index (κ1) is 19.6. The van der Waals surface area contributed by atoms with Gasteiger partial charge in [-0.1, -0.05) is 30.3 Å². The average Bonchev–Trinajstić information content (AvgIpc) is 3.17. The zero-order chi connectivity index (χ0) is 21.1. The van der Waals surface area contributed by atoms with Gasteiger partial charge < -0.3 is 10.1 Å². The third-order valence-electron chi connectivity index (χ3n) is 5.12. The van der Waals surface area contributed by atoms with E-state index >= 15 is 0 Å². The molecule has 0 aliphatic carbocycles. The summed E-state index contributed by atoms with van der Waals surface area (Å²) < 4.78 is 6.98. The van der Waals surface area contributed by atoms with Crippen LogP contribution in [0.5, 0.6) is 5.75 Å². The maximum Gasteiger partial charge on any atom is 0.224 e. The van der Waals surface area contributed by atoms with Gasteiger partial charge in [0.05, 0.1) is 25.8 Å². The summed E-state index contributed by atoms with van der Waals surface area (Å²) in [6, 6.07) is 17.5. The Kier molecular flexibility index (Phi) is 5.43. The Labute approximate surface area is 174 Å². The van der Waals surface area contributed by atoms with Crippen molar-refractivity contribution in [3.8, 4) is 17.0 Å². The molecule has 4 rings (SSSR count). The topological polar surface area (TPSA) is 81.4 Å². The van der Waals surface area contributed by atoms with Gasteiger partial charge in [0.1, 0.15) is 5.75 Å². The molecule has 1 amide bonds. The maximum absolute atomic E-state index is 12.4. The van der Waals surface area contributed by atoms with Gasteiger partial charge in [-0.2, -0.15) is 9.61 Å². The number of nitrogens with zero attached hydrogens (tertiary/aromatic N) is 4. The molecule has 0 fully saturated rings. The predicted molar refractivity (Wildman–Crippen MR) is 114 cm³/mol. The fourth-order valence-electron chi connectivity index (χ4n) is 3.26. The van der Waals surface area contributed by atoms with Gasteiger partial charge in [0.2, 0.25) is 5.91 Å². The second kappa shape index (κ2) is 8.32. The van der Waals surface area contributed by atoms with Crippen LogP contribution in [0.1, 0.15) is 22.5 Å². The minimum Gasteiger partial charge on any atom is -0.496 e. The molecule has 0 saturated carbocycles. The van der Waals surface area contributed by atoms with Crippen LogP contribution in [0, 0.1) is 13.8 Å². The van der Waals surface area contributed by atoms with Gasteiger partial charge in [-0.3, -0.25) is 4.79 Å². The molecule has 7 nitrogen and oxygen atoms in total. The minimum atomic E-state index is -0.124. The number of carbonyl (C=O) groups excluding carboxylic acids is 1. The summed E-state index contributed by atoms with van der Waals surface area (Å²) in [6.45, 7) is 4.40. The van der Waals surface area contributed by atoms with E-state index in [1.165, 1.54) is 11.1 Å². The van der Waals surface area contributed by atoms with Crippen LogP contribution in [0.3, 0.4) is 0 Å². The fraction of sp³-hybridized carbons (Fsp3) is 0.217. The van der Waals surface area contributed by atoms with E-state index in [9.17, 15) is 4.79 Å². The normalized spacial score (nSPS) is 10.9. The largest absolute Gasteiger partial charge is 0.496 e. The number of fused-ring (bicyclic) bond motifs is 1. The van der Waals surface area contributed by atoms with Crippen LogP contribution in [-0.4, -0.2) is 32.8 Å². The van der Waals surface area contributed by atoms with Crippen molar-refractivity contribution in [3.05, 3.63) is 77.1 Å². The first-order valence-corrected chi connectivity index (χ1v) is 9.72. The Morgan fingerprint density at radius 1 is 1.03 bits per heavy atom. The van der Waals surface area contributed by atoms with Crippen LogP contribution in [0.2, 0.25) is 0 Å². The van der Waals surface area contributed by atoms with E-state index in [1.54, 1.807) is 11.6 Å². The highest BCUT2D eigenvalue weighted by molar-refractivity contribution is 5.79. The molecule has 0 aliphatic rings. The number of para-hydroxylation sites is 1. The predicted octanol–water partition coefficient (Wildman–Crippen LogP) is 3.28. The number of aryl methyl sites for hydroxylation is 2. The SMILES string of the molecule is COc1ccccc1CC(=O)NCc1nnc2ccc(-c3ccc(C)c(C)c3)nn12. The van der Waals surface area contributed by atoms with Gasteiger partial charge >= 0.3 is 0 Å². The fourth-order valence-corrected chi connectivity index (χ4v) is 3.26. The zero-order valence-corrected chi connectivity index (χ0v) is 17.2. The summed E-state index contributed by atoms with van der Waals surface area (Å²) in [5.41, 5.74) is 5.77. The van der Waals surface area contributed by atoms with Gasteiger partial charge in [-0.25, -0.2) is 0 Å². The highest BCUT2D eigenvalue weighted by Gasteiger charge is 2.12. The number of methoxy groups -OCH3 is 1. The number of carbonyl (C=O) groups is 1. The lowest BCUT2D eigenvalue weighted by molar-refractivity contribution is -0.120.